The second kappa shape index (κ2) is 14.2. The van der Waals surface area contributed by atoms with Crippen LogP contribution in [0.15, 0.2) is 217 Å². The zero-order valence-corrected chi connectivity index (χ0v) is 36.3. The quantitative estimate of drug-likeness (QED) is 0.166. The van der Waals surface area contributed by atoms with E-state index in [0.29, 0.717) is 0 Å². The fraction of sp³-hybridized carbons (Fsp3) is 0.0492. The van der Waals surface area contributed by atoms with E-state index in [4.69, 9.17) is 4.42 Å². The molecule has 10 aromatic carbocycles. The first-order valence-corrected chi connectivity index (χ1v) is 22.9. The fourth-order valence-electron chi connectivity index (χ4n) is 10.5. The third-order valence-corrected chi connectivity index (χ3v) is 14.9. The lowest BCUT2D eigenvalue weighted by Gasteiger charge is -2.27. The van der Waals surface area contributed by atoms with Crippen molar-refractivity contribution in [3.63, 3.8) is 0 Å². The molecule has 0 spiro atoms. The first-order chi connectivity index (χ1) is 31.5. The number of benzene rings is 10. The van der Waals surface area contributed by atoms with Crippen molar-refractivity contribution in [2.24, 2.45) is 0 Å². The number of nitrogens with zero attached hydrogens (tertiary/aromatic N) is 1. The van der Waals surface area contributed by atoms with Gasteiger partial charge >= 0.3 is 0 Å². The number of furan rings is 1. The van der Waals surface area contributed by atoms with Crippen LogP contribution in [-0.2, 0) is 5.41 Å². The number of hydrogen-bond acceptors (Lipinski definition) is 3. The van der Waals surface area contributed by atoms with Gasteiger partial charge in [-0.25, -0.2) is 0 Å². The van der Waals surface area contributed by atoms with Crippen LogP contribution in [0.3, 0.4) is 0 Å². The number of anilines is 3. The predicted molar refractivity (Wildman–Crippen MR) is 273 cm³/mol. The molecule has 0 radical (unpaired) electrons. The Morgan fingerprint density at radius 1 is 0.406 bits per heavy atom. The highest BCUT2D eigenvalue weighted by molar-refractivity contribution is 7.27. The van der Waals surface area contributed by atoms with E-state index in [1.165, 1.54) is 86.6 Å². The van der Waals surface area contributed by atoms with Gasteiger partial charge in [0.25, 0.3) is 0 Å². The molecule has 2 nitrogen and oxygen atoms in total. The SMILES string of the molecule is CC1(C)c2ccc(-c3ccccc3)cc2-c2cc(N(c3cccc4c3oc3ccc(-c5ccccc5)cc34)c3cccc4c3sc3c(-c5ccccc5)c5ccccc5cc34)ccc21. The van der Waals surface area contributed by atoms with Gasteiger partial charge in [0.15, 0.2) is 5.58 Å². The van der Waals surface area contributed by atoms with Crippen LogP contribution in [0.4, 0.5) is 17.1 Å². The van der Waals surface area contributed by atoms with Crippen LogP contribution in [0.1, 0.15) is 25.0 Å². The summed E-state index contributed by atoms with van der Waals surface area (Å²) >= 11 is 1.89. The maximum absolute atomic E-state index is 7.01. The Bertz CT molecular complexity index is 3800. The maximum Gasteiger partial charge on any atom is 0.159 e. The molecule has 0 unspecified atom stereocenters. The van der Waals surface area contributed by atoms with Crippen molar-refractivity contribution in [1.82, 2.24) is 0 Å². The molecule has 0 saturated carbocycles. The number of rotatable bonds is 6. The summed E-state index contributed by atoms with van der Waals surface area (Å²) in [5.41, 5.74) is 17.4. The zero-order chi connectivity index (χ0) is 42.5. The summed E-state index contributed by atoms with van der Waals surface area (Å²) < 4.78 is 9.53. The van der Waals surface area contributed by atoms with E-state index < -0.39 is 0 Å². The van der Waals surface area contributed by atoms with Gasteiger partial charge in [-0.05, 0) is 109 Å². The number of fused-ring (bicyclic) bond motifs is 10. The summed E-state index contributed by atoms with van der Waals surface area (Å²) in [4.78, 5) is 2.47. The normalized spacial score (nSPS) is 13.0. The Balaban J connectivity index is 1.09. The number of thiophene rings is 1. The Hall–Kier alpha value is -7.72. The zero-order valence-electron chi connectivity index (χ0n) is 35.5. The standard InChI is InChI=1S/C61H41NOS/c1-61(2)52-31-28-41(38-16-6-3-7-17-38)34-48(52)49-37-44(30-32-53(49)61)62(54-26-14-24-46-50-35-42(39-18-8-4-9-19-39)29-33-56(50)63-58(46)54)55-27-15-25-47-51-36-43-22-12-13-23-45(43)57(60(51)64-59(47)55)40-20-10-5-11-21-40/h3-37H,1-2H3. The average Bonchev–Trinajstić information content (AvgIpc) is 3.99. The van der Waals surface area contributed by atoms with Crippen LogP contribution < -0.4 is 4.90 Å². The van der Waals surface area contributed by atoms with Crippen LogP contribution >= 0.6 is 11.3 Å². The van der Waals surface area contributed by atoms with E-state index in [-0.39, 0.29) is 5.41 Å². The molecule has 12 aromatic rings. The smallest absolute Gasteiger partial charge is 0.159 e. The van der Waals surface area contributed by atoms with Gasteiger partial charge in [0, 0.05) is 42.9 Å². The molecule has 302 valence electrons. The minimum atomic E-state index is -0.153. The minimum Gasteiger partial charge on any atom is -0.454 e. The molecule has 2 aromatic heterocycles. The van der Waals surface area contributed by atoms with Gasteiger partial charge in [-0.15, -0.1) is 11.3 Å². The lowest BCUT2D eigenvalue weighted by Crippen LogP contribution is -2.15. The lowest BCUT2D eigenvalue weighted by atomic mass is 9.82. The number of hydrogen-bond donors (Lipinski definition) is 0. The van der Waals surface area contributed by atoms with Crippen molar-refractivity contribution in [3.05, 3.63) is 223 Å². The van der Waals surface area contributed by atoms with E-state index in [1.807, 2.05) is 11.3 Å². The third kappa shape index (κ3) is 5.57. The first kappa shape index (κ1) is 36.9. The van der Waals surface area contributed by atoms with Gasteiger partial charge in [0.2, 0.25) is 0 Å². The molecular formula is C61H41NOS. The molecule has 0 fully saturated rings. The summed E-state index contributed by atoms with van der Waals surface area (Å²) in [7, 11) is 0. The second-order valence-electron chi connectivity index (χ2n) is 17.6. The molecular weight excluding hydrogens is 795 g/mol. The Labute approximate surface area is 375 Å². The van der Waals surface area contributed by atoms with Gasteiger partial charge in [0.1, 0.15) is 5.58 Å². The molecule has 1 aliphatic rings. The van der Waals surface area contributed by atoms with Crippen molar-refractivity contribution in [3.8, 4) is 44.5 Å². The fourth-order valence-corrected chi connectivity index (χ4v) is 11.9. The minimum absolute atomic E-state index is 0.153. The molecule has 0 saturated heterocycles. The Kier molecular flexibility index (Phi) is 8.16. The highest BCUT2D eigenvalue weighted by Crippen LogP contribution is 2.54. The Morgan fingerprint density at radius 2 is 1.00 bits per heavy atom. The van der Waals surface area contributed by atoms with Crippen LogP contribution in [-0.4, -0.2) is 0 Å². The summed E-state index contributed by atoms with van der Waals surface area (Å²) in [6, 6.07) is 77.7. The van der Waals surface area contributed by atoms with E-state index in [9.17, 15) is 0 Å². The molecule has 0 bridgehead atoms. The molecule has 0 N–H and O–H groups in total. The van der Waals surface area contributed by atoms with Crippen LogP contribution in [0.5, 0.6) is 0 Å². The van der Waals surface area contributed by atoms with Gasteiger partial charge < -0.3 is 9.32 Å². The van der Waals surface area contributed by atoms with Crippen molar-refractivity contribution in [1.29, 1.82) is 0 Å². The van der Waals surface area contributed by atoms with E-state index in [2.05, 4.69) is 231 Å². The molecule has 0 aliphatic heterocycles. The molecule has 1 aliphatic carbocycles. The molecule has 0 amide bonds. The van der Waals surface area contributed by atoms with Gasteiger partial charge in [0.05, 0.1) is 16.1 Å². The van der Waals surface area contributed by atoms with Gasteiger partial charge in [-0.3, -0.25) is 0 Å². The maximum atomic E-state index is 7.01. The predicted octanol–water partition coefficient (Wildman–Crippen LogP) is 17.9. The topological polar surface area (TPSA) is 16.4 Å². The lowest BCUT2D eigenvalue weighted by molar-refractivity contribution is 0.660. The van der Waals surface area contributed by atoms with Crippen molar-refractivity contribution < 1.29 is 4.42 Å². The van der Waals surface area contributed by atoms with E-state index in [1.54, 1.807) is 0 Å². The average molecular weight is 836 g/mol. The summed E-state index contributed by atoms with van der Waals surface area (Å²) in [6.07, 6.45) is 0. The third-order valence-electron chi connectivity index (χ3n) is 13.6. The van der Waals surface area contributed by atoms with Crippen molar-refractivity contribution in [2.45, 2.75) is 19.3 Å². The monoisotopic (exact) mass is 835 g/mol. The van der Waals surface area contributed by atoms with E-state index in [0.717, 1.165) is 39.0 Å². The van der Waals surface area contributed by atoms with Crippen LogP contribution in [0, 0.1) is 0 Å². The van der Waals surface area contributed by atoms with Crippen LogP contribution in [0.25, 0.3) is 97.4 Å². The van der Waals surface area contributed by atoms with Gasteiger partial charge in [-0.2, -0.15) is 0 Å². The molecule has 64 heavy (non-hydrogen) atoms. The summed E-state index contributed by atoms with van der Waals surface area (Å²) in [5, 5.41) is 7.23. The molecule has 13 rings (SSSR count). The highest BCUT2D eigenvalue weighted by Gasteiger charge is 2.36. The molecule has 2 heterocycles. The molecule has 3 heteroatoms. The van der Waals surface area contributed by atoms with Gasteiger partial charge in [-0.1, -0.05) is 178 Å². The van der Waals surface area contributed by atoms with Crippen molar-refractivity contribution in [2.75, 3.05) is 4.90 Å². The highest BCUT2D eigenvalue weighted by atomic mass is 32.1. The Morgan fingerprint density at radius 3 is 1.75 bits per heavy atom. The largest absolute Gasteiger partial charge is 0.454 e. The van der Waals surface area contributed by atoms with Crippen molar-refractivity contribution >= 4 is 81.3 Å². The number of para-hydroxylation sites is 1. The first-order valence-electron chi connectivity index (χ1n) is 22.1. The molecule has 0 atom stereocenters. The summed E-state index contributed by atoms with van der Waals surface area (Å²) in [5.74, 6) is 0. The second-order valence-corrected chi connectivity index (χ2v) is 18.6. The van der Waals surface area contributed by atoms with Crippen LogP contribution in [0.2, 0.25) is 0 Å². The summed E-state index contributed by atoms with van der Waals surface area (Å²) in [6.45, 7) is 4.73. The van der Waals surface area contributed by atoms with E-state index >= 15 is 0 Å².